The third kappa shape index (κ3) is 3.38. The molecule has 2 aliphatic heterocycles. The van der Waals surface area contributed by atoms with Gasteiger partial charge in [0.05, 0.1) is 10.9 Å². The number of rotatable bonds is 4. The first kappa shape index (κ1) is 16.5. The molecule has 5 heteroatoms. The highest BCUT2D eigenvalue weighted by Crippen LogP contribution is 2.46. The highest BCUT2D eigenvalue weighted by Gasteiger charge is 2.51. The van der Waals surface area contributed by atoms with Gasteiger partial charge in [0.1, 0.15) is 11.9 Å². The Morgan fingerprint density at radius 3 is 2.80 bits per heavy atom. The first-order chi connectivity index (χ1) is 12.2. The number of likely N-dealkylation sites (tertiary alicyclic amines) is 1. The lowest BCUT2D eigenvalue weighted by Crippen LogP contribution is -2.60. The normalized spacial score (nSPS) is 21.2. The molecule has 1 aromatic carbocycles. The molecule has 0 bridgehead atoms. The summed E-state index contributed by atoms with van der Waals surface area (Å²) in [7, 11) is 0. The van der Waals surface area contributed by atoms with Gasteiger partial charge in [0.15, 0.2) is 0 Å². The Labute approximate surface area is 152 Å². The second-order valence-corrected chi connectivity index (χ2v) is 8.33. The monoisotopic (exact) mass is 354 g/mol. The number of benzene rings is 1. The van der Waals surface area contributed by atoms with Gasteiger partial charge in [-0.1, -0.05) is 19.1 Å². The Morgan fingerprint density at radius 1 is 1.32 bits per heavy atom. The summed E-state index contributed by atoms with van der Waals surface area (Å²) in [5.41, 5.74) is 2.05. The minimum atomic E-state index is 0.144. The molecule has 3 heterocycles. The van der Waals surface area contributed by atoms with Crippen molar-refractivity contribution >= 4 is 17.7 Å². The lowest BCUT2D eigenvalue weighted by atomic mass is 9.92. The maximum absolute atomic E-state index is 12.6. The lowest BCUT2D eigenvalue weighted by molar-refractivity contribution is 0.0518. The molecular weight excluding hydrogens is 332 g/mol. The van der Waals surface area contributed by atoms with Crippen molar-refractivity contribution < 1.29 is 9.53 Å². The van der Waals surface area contributed by atoms with E-state index in [2.05, 4.69) is 11.9 Å². The minimum absolute atomic E-state index is 0.144. The molecule has 0 aliphatic carbocycles. The fourth-order valence-electron chi connectivity index (χ4n) is 3.57. The van der Waals surface area contributed by atoms with E-state index in [0.717, 1.165) is 43.0 Å². The van der Waals surface area contributed by atoms with Gasteiger partial charge in [0.2, 0.25) is 0 Å². The van der Waals surface area contributed by atoms with E-state index in [4.69, 9.17) is 4.74 Å². The van der Waals surface area contributed by atoms with E-state index >= 15 is 0 Å². The maximum Gasteiger partial charge on any atom is 0.253 e. The van der Waals surface area contributed by atoms with E-state index in [1.807, 2.05) is 53.1 Å². The van der Waals surface area contributed by atoms with Crippen LogP contribution in [-0.2, 0) is 6.42 Å². The average Bonchev–Trinajstić information content (AvgIpc) is 3.05. The quantitative estimate of drug-likeness (QED) is 0.844. The molecule has 2 aromatic rings. The topological polar surface area (TPSA) is 42.4 Å². The number of carbonyl (C=O) groups is 1. The van der Waals surface area contributed by atoms with Crippen LogP contribution in [0.25, 0.3) is 0 Å². The largest absolute Gasteiger partial charge is 0.488 e. The summed E-state index contributed by atoms with van der Waals surface area (Å²) in [6.07, 6.45) is 5.70. The molecule has 2 aliphatic rings. The maximum atomic E-state index is 12.6. The van der Waals surface area contributed by atoms with Crippen LogP contribution in [0.15, 0.2) is 48.8 Å². The van der Waals surface area contributed by atoms with Crippen LogP contribution >= 0.6 is 11.8 Å². The fourth-order valence-corrected chi connectivity index (χ4v) is 5.09. The van der Waals surface area contributed by atoms with Gasteiger partial charge < -0.3 is 9.64 Å². The van der Waals surface area contributed by atoms with Crippen molar-refractivity contribution in [1.29, 1.82) is 0 Å². The van der Waals surface area contributed by atoms with Crippen molar-refractivity contribution in [3.8, 4) is 5.75 Å². The van der Waals surface area contributed by atoms with Gasteiger partial charge in [-0.3, -0.25) is 9.78 Å². The van der Waals surface area contributed by atoms with Crippen molar-refractivity contribution in [2.45, 2.75) is 30.6 Å². The third-order valence-electron chi connectivity index (χ3n) is 4.97. The smallest absolute Gasteiger partial charge is 0.253 e. The molecule has 1 aromatic heterocycles. The zero-order valence-electron chi connectivity index (χ0n) is 14.4. The minimum Gasteiger partial charge on any atom is -0.488 e. The number of carbonyl (C=O) groups excluding carboxylic acids is 1. The Kier molecular flexibility index (Phi) is 4.42. The van der Waals surface area contributed by atoms with Crippen molar-refractivity contribution in [1.82, 2.24) is 9.88 Å². The van der Waals surface area contributed by atoms with Gasteiger partial charge >= 0.3 is 0 Å². The number of hydrogen-bond donors (Lipinski definition) is 0. The Balaban J connectivity index is 1.33. The zero-order chi connectivity index (χ0) is 17.3. The van der Waals surface area contributed by atoms with E-state index in [1.165, 1.54) is 5.56 Å². The molecule has 0 radical (unpaired) electrons. The molecule has 0 N–H and O–H groups in total. The van der Waals surface area contributed by atoms with E-state index in [0.29, 0.717) is 0 Å². The first-order valence-electron chi connectivity index (χ1n) is 8.76. The second-order valence-electron chi connectivity index (χ2n) is 6.84. The summed E-state index contributed by atoms with van der Waals surface area (Å²) in [6, 6.07) is 11.8. The number of pyridine rings is 1. The molecule has 0 saturated carbocycles. The number of hydrogen-bond acceptors (Lipinski definition) is 4. The summed E-state index contributed by atoms with van der Waals surface area (Å²) in [6.45, 7) is 3.76. The predicted octanol–water partition coefficient (Wildman–Crippen LogP) is 3.42. The van der Waals surface area contributed by atoms with E-state index in [9.17, 15) is 4.79 Å². The molecule has 25 heavy (non-hydrogen) atoms. The van der Waals surface area contributed by atoms with Gasteiger partial charge in [0.25, 0.3) is 5.91 Å². The van der Waals surface area contributed by atoms with E-state index in [1.54, 1.807) is 12.4 Å². The third-order valence-corrected chi connectivity index (χ3v) is 6.54. The number of aromatic nitrogens is 1. The molecule has 1 atom stereocenters. The molecule has 4 rings (SSSR count). The van der Waals surface area contributed by atoms with Crippen LogP contribution in [-0.4, -0.2) is 45.5 Å². The van der Waals surface area contributed by atoms with Crippen LogP contribution < -0.4 is 4.74 Å². The molecule has 1 amide bonds. The van der Waals surface area contributed by atoms with Crippen molar-refractivity contribution in [2.24, 2.45) is 0 Å². The molecular formula is C20H22N2O2S. The molecule has 130 valence electrons. The van der Waals surface area contributed by atoms with E-state index < -0.39 is 0 Å². The van der Waals surface area contributed by atoms with Gasteiger partial charge in [0, 0.05) is 37.0 Å². The number of thioether (sulfide) groups is 1. The molecule has 2 fully saturated rings. The number of ether oxygens (including phenoxy) is 1. The SMILES string of the molecule is CCc1ccc(C(=O)N2CC3(C[C@H](Oc4cccnc4)CS3)C2)cc1. The van der Waals surface area contributed by atoms with Crippen LogP contribution in [0.3, 0.4) is 0 Å². The predicted molar refractivity (Wildman–Crippen MR) is 100 cm³/mol. The molecule has 2 saturated heterocycles. The molecule has 4 nitrogen and oxygen atoms in total. The summed E-state index contributed by atoms with van der Waals surface area (Å²) in [5, 5.41) is 0. The fraction of sp³-hybridized carbons (Fsp3) is 0.400. The van der Waals surface area contributed by atoms with Crippen LogP contribution in [0.4, 0.5) is 0 Å². The molecule has 0 unspecified atom stereocenters. The summed E-state index contributed by atoms with van der Waals surface area (Å²) in [5.74, 6) is 1.95. The Morgan fingerprint density at radius 2 is 2.12 bits per heavy atom. The van der Waals surface area contributed by atoms with Gasteiger partial charge in [-0.2, -0.15) is 0 Å². The Bertz CT molecular complexity index is 742. The van der Waals surface area contributed by atoms with Crippen LogP contribution in [0, 0.1) is 0 Å². The standard InChI is InChI=1S/C20H22N2O2S/c1-2-15-5-7-16(8-6-15)19(23)22-13-20(14-22)10-18(12-25-20)24-17-4-3-9-21-11-17/h3-9,11,18H,2,10,12-14H2,1H3/t18-/m0/s1. The average molecular weight is 354 g/mol. The lowest BCUT2D eigenvalue weighted by Gasteiger charge is -2.47. The number of nitrogens with zero attached hydrogens (tertiary/aromatic N) is 2. The first-order valence-corrected chi connectivity index (χ1v) is 9.75. The Hall–Kier alpha value is -2.01. The molecule has 1 spiro atoms. The van der Waals surface area contributed by atoms with Gasteiger partial charge in [-0.15, -0.1) is 11.8 Å². The summed E-state index contributed by atoms with van der Waals surface area (Å²) < 4.78 is 6.20. The highest BCUT2D eigenvalue weighted by molar-refractivity contribution is 8.01. The van der Waals surface area contributed by atoms with E-state index in [-0.39, 0.29) is 16.8 Å². The van der Waals surface area contributed by atoms with Gasteiger partial charge in [-0.25, -0.2) is 0 Å². The van der Waals surface area contributed by atoms with Crippen molar-refractivity contribution in [2.75, 3.05) is 18.8 Å². The number of aryl methyl sites for hydroxylation is 1. The number of amides is 1. The van der Waals surface area contributed by atoms with Crippen LogP contribution in [0.5, 0.6) is 5.75 Å². The zero-order valence-corrected chi connectivity index (χ0v) is 15.2. The van der Waals surface area contributed by atoms with Crippen LogP contribution in [0.2, 0.25) is 0 Å². The van der Waals surface area contributed by atoms with Crippen LogP contribution in [0.1, 0.15) is 29.3 Å². The van der Waals surface area contributed by atoms with Gasteiger partial charge in [-0.05, 0) is 36.2 Å². The second kappa shape index (κ2) is 6.71. The highest BCUT2D eigenvalue weighted by atomic mass is 32.2. The summed E-state index contributed by atoms with van der Waals surface area (Å²) >= 11 is 1.94. The van der Waals surface area contributed by atoms with Crippen molar-refractivity contribution in [3.63, 3.8) is 0 Å². The summed E-state index contributed by atoms with van der Waals surface area (Å²) in [4.78, 5) is 18.7. The van der Waals surface area contributed by atoms with Crippen molar-refractivity contribution in [3.05, 3.63) is 59.9 Å².